The standard InChI is InChI=1S/C23H21N7O/c1-2-21(15-6-4-3-5-7-15)30-14-18(13-26-30)27-23(31)22-19-9-8-16(10-20(19)28-29-22)17-11-24-25-12-17/h3-14,21H,2H2,1H3,(H,24,25)(H,27,31)(H,28,29)/t21-/m0/s1. The molecule has 0 fully saturated rings. The SMILES string of the molecule is CC[C@@H](c1ccccc1)n1cc(NC(=O)c2n[nH]c3cc(-c4cn[nH]c4)ccc23)cn1. The zero-order valence-corrected chi connectivity index (χ0v) is 16.9. The lowest BCUT2D eigenvalue weighted by atomic mass is 10.1. The van der Waals surface area contributed by atoms with E-state index in [0.717, 1.165) is 28.5 Å². The van der Waals surface area contributed by atoms with Gasteiger partial charge in [-0.05, 0) is 29.7 Å². The van der Waals surface area contributed by atoms with E-state index in [1.807, 2.05) is 53.5 Å². The van der Waals surface area contributed by atoms with Crippen LogP contribution in [-0.4, -0.2) is 36.1 Å². The first kappa shape index (κ1) is 18.8. The second-order valence-corrected chi connectivity index (χ2v) is 7.32. The third-order valence-corrected chi connectivity index (χ3v) is 5.36. The predicted octanol–water partition coefficient (Wildman–Crippen LogP) is 4.40. The number of aromatic nitrogens is 6. The maximum atomic E-state index is 12.9. The molecule has 31 heavy (non-hydrogen) atoms. The van der Waals surface area contributed by atoms with Gasteiger partial charge in [-0.3, -0.25) is 19.7 Å². The summed E-state index contributed by atoms with van der Waals surface area (Å²) >= 11 is 0. The van der Waals surface area contributed by atoms with Crippen LogP contribution in [0.25, 0.3) is 22.0 Å². The largest absolute Gasteiger partial charge is 0.318 e. The number of carbonyl (C=O) groups is 1. The van der Waals surface area contributed by atoms with Crippen molar-refractivity contribution in [3.05, 3.63) is 84.6 Å². The Morgan fingerprint density at radius 2 is 2.00 bits per heavy atom. The van der Waals surface area contributed by atoms with Crippen molar-refractivity contribution in [2.75, 3.05) is 5.32 Å². The van der Waals surface area contributed by atoms with Crippen LogP contribution in [0.1, 0.15) is 35.4 Å². The topological polar surface area (TPSA) is 104 Å². The van der Waals surface area contributed by atoms with Crippen LogP contribution in [0, 0.1) is 0 Å². The molecule has 0 aliphatic heterocycles. The van der Waals surface area contributed by atoms with Crippen molar-refractivity contribution in [3.63, 3.8) is 0 Å². The zero-order chi connectivity index (χ0) is 21.2. The van der Waals surface area contributed by atoms with E-state index in [1.165, 1.54) is 5.56 Å². The van der Waals surface area contributed by atoms with Gasteiger partial charge in [-0.15, -0.1) is 0 Å². The second-order valence-electron chi connectivity index (χ2n) is 7.32. The smallest absolute Gasteiger partial charge is 0.276 e. The lowest BCUT2D eigenvalue weighted by Crippen LogP contribution is -2.13. The van der Waals surface area contributed by atoms with Gasteiger partial charge in [0, 0.05) is 23.3 Å². The van der Waals surface area contributed by atoms with Gasteiger partial charge in [-0.1, -0.05) is 43.3 Å². The molecule has 8 nitrogen and oxygen atoms in total. The Hall–Kier alpha value is -4.20. The third kappa shape index (κ3) is 3.59. The monoisotopic (exact) mass is 411 g/mol. The number of hydrogen-bond donors (Lipinski definition) is 3. The predicted molar refractivity (Wildman–Crippen MR) is 119 cm³/mol. The number of fused-ring (bicyclic) bond motifs is 1. The van der Waals surface area contributed by atoms with Crippen LogP contribution in [0.4, 0.5) is 5.69 Å². The summed E-state index contributed by atoms with van der Waals surface area (Å²) in [5.41, 5.74) is 4.90. The zero-order valence-electron chi connectivity index (χ0n) is 16.9. The van der Waals surface area contributed by atoms with Gasteiger partial charge < -0.3 is 5.32 Å². The first-order chi connectivity index (χ1) is 15.2. The number of amides is 1. The average molecular weight is 411 g/mol. The van der Waals surface area contributed by atoms with Gasteiger partial charge in [-0.25, -0.2) is 0 Å². The van der Waals surface area contributed by atoms with E-state index in [4.69, 9.17) is 0 Å². The van der Waals surface area contributed by atoms with Crippen molar-refractivity contribution in [1.29, 1.82) is 0 Å². The highest BCUT2D eigenvalue weighted by molar-refractivity contribution is 6.11. The minimum Gasteiger partial charge on any atom is -0.318 e. The van der Waals surface area contributed by atoms with Crippen LogP contribution in [0.3, 0.4) is 0 Å². The van der Waals surface area contributed by atoms with Crippen molar-refractivity contribution in [2.45, 2.75) is 19.4 Å². The van der Waals surface area contributed by atoms with Crippen LogP contribution in [0.15, 0.2) is 73.3 Å². The molecular formula is C23H21N7O. The Bertz CT molecular complexity index is 1320. The molecule has 0 radical (unpaired) electrons. The normalized spacial score (nSPS) is 12.2. The fourth-order valence-electron chi connectivity index (χ4n) is 3.80. The molecule has 0 aliphatic rings. The fraction of sp³-hybridized carbons (Fsp3) is 0.130. The Balaban J connectivity index is 1.36. The number of anilines is 1. The molecule has 0 saturated carbocycles. The average Bonchev–Trinajstić information content (AvgIpc) is 3.56. The lowest BCUT2D eigenvalue weighted by molar-refractivity contribution is 0.102. The molecule has 0 spiro atoms. The number of aromatic amines is 2. The summed E-state index contributed by atoms with van der Waals surface area (Å²) in [5.74, 6) is -0.283. The van der Waals surface area contributed by atoms with Gasteiger partial charge in [0.15, 0.2) is 5.69 Å². The summed E-state index contributed by atoms with van der Waals surface area (Å²) in [5, 5.41) is 22.1. The Kier molecular flexibility index (Phi) is 4.80. The highest BCUT2D eigenvalue weighted by atomic mass is 16.2. The highest BCUT2D eigenvalue weighted by Crippen LogP contribution is 2.26. The summed E-state index contributed by atoms with van der Waals surface area (Å²) in [4.78, 5) is 12.9. The molecule has 3 aromatic heterocycles. The van der Waals surface area contributed by atoms with E-state index in [0.29, 0.717) is 11.4 Å². The molecule has 0 bridgehead atoms. The van der Waals surface area contributed by atoms with E-state index < -0.39 is 0 Å². The first-order valence-electron chi connectivity index (χ1n) is 10.1. The number of nitrogens with zero attached hydrogens (tertiary/aromatic N) is 4. The molecule has 8 heteroatoms. The number of hydrogen-bond acceptors (Lipinski definition) is 4. The van der Waals surface area contributed by atoms with Gasteiger partial charge in [-0.2, -0.15) is 15.3 Å². The van der Waals surface area contributed by atoms with Crippen molar-refractivity contribution in [1.82, 2.24) is 30.2 Å². The molecule has 154 valence electrons. The quantitative estimate of drug-likeness (QED) is 0.385. The van der Waals surface area contributed by atoms with E-state index in [9.17, 15) is 4.79 Å². The van der Waals surface area contributed by atoms with Crippen LogP contribution < -0.4 is 5.32 Å². The van der Waals surface area contributed by atoms with E-state index >= 15 is 0 Å². The lowest BCUT2D eigenvalue weighted by Gasteiger charge is -2.15. The van der Waals surface area contributed by atoms with Crippen LogP contribution in [-0.2, 0) is 0 Å². The fourth-order valence-corrected chi connectivity index (χ4v) is 3.80. The third-order valence-electron chi connectivity index (χ3n) is 5.36. The Morgan fingerprint density at radius 3 is 2.77 bits per heavy atom. The molecule has 3 heterocycles. The van der Waals surface area contributed by atoms with Crippen LogP contribution in [0.2, 0.25) is 0 Å². The van der Waals surface area contributed by atoms with Crippen molar-refractivity contribution >= 4 is 22.5 Å². The molecule has 5 aromatic rings. The van der Waals surface area contributed by atoms with Gasteiger partial charge in [0.05, 0.1) is 29.6 Å². The molecule has 0 saturated heterocycles. The van der Waals surface area contributed by atoms with E-state index in [1.54, 1.807) is 12.4 Å². The molecular weight excluding hydrogens is 390 g/mol. The van der Waals surface area contributed by atoms with Crippen LogP contribution >= 0.6 is 0 Å². The number of carbonyl (C=O) groups excluding carboxylic acids is 1. The first-order valence-corrected chi connectivity index (χ1v) is 10.1. The summed E-state index contributed by atoms with van der Waals surface area (Å²) in [7, 11) is 0. The second kappa shape index (κ2) is 7.91. The van der Waals surface area contributed by atoms with Gasteiger partial charge in [0.25, 0.3) is 5.91 Å². The van der Waals surface area contributed by atoms with E-state index in [2.05, 4.69) is 49.9 Å². The molecule has 0 unspecified atom stereocenters. The molecule has 2 aromatic carbocycles. The molecule has 1 atom stereocenters. The van der Waals surface area contributed by atoms with Crippen molar-refractivity contribution < 1.29 is 4.79 Å². The molecule has 1 amide bonds. The summed E-state index contributed by atoms with van der Waals surface area (Å²) < 4.78 is 1.88. The van der Waals surface area contributed by atoms with Crippen LogP contribution in [0.5, 0.6) is 0 Å². The summed E-state index contributed by atoms with van der Waals surface area (Å²) in [6.07, 6.45) is 7.98. The van der Waals surface area contributed by atoms with Gasteiger partial charge in [0.2, 0.25) is 0 Å². The number of rotatable bonds is 6. The highest BCUT2D eigenvalue weighted by Gasteiger charge is 2.17. The summed E-state index contributed by atoms with van der Waals surface area (Å²) in [6.45, 7) is 2.12. The minimum atomic E-state index is -0.283. The van der Waals surface area contributed by atoms with Crippen molar-refractivity contribution in [3.8, 4) is 11.1 Å². The Labute approximate surface area is 178 Å². The number of H-pyrrole nitrogens is 2. The molecule has 3 N–H and O–H groups in total. The Morgan fingerprint density at radius 1 is 1.13 bits per heavy atom. The number of nitrogens with one attached hydrogen (secondary N) is 3. The minimum absolute atomic E-state index is 0.111. The van der Waals surface area contributed by atoms with Crippen molar-refractivity contribution in [2.24, 2.45) is 0 Å². The summed E-state index contributed by atoms with van der Waals surface area (Å²) in [6, 6.07) is 16.1. The molecule has 0 aliphatic carbocycles. The number of benzene rings is 2. The molecule has 5 rings (SSSR count). The van der Waals surface area contributed by atoms with Gasteiger partial charge >= 0.3 is 0 Å². The van der Waals surface area contributed by atoms with Gasteiger partial charge in [0.1, 0.15) is 0 Å². The van der Waals surface area contributed by atoms with E-state index in [-0.39, 0.29) is 11.9 Å². The maximum Gasteiger partial charge on any atom is 0.276 e. The maximum absolute atomic E-state index is 12.9.